The number of ether oxygens (including phenoxy) is 1. The molecule has 6 rings (SSSR count). The zero-order valence-electron chi connectivity index (χ0n) is 23.9. The number of halogens is 6. The van der Waals surface area contributed by atoms with Crippen molar-refractivity contribution in [2.24, 2.45) is 5.92 Å². The van der Waals surface area contributed by atoms with Crippen LogP contribution in [0.5, 0.6) is 5.75 Å². The van der Waals surface area contributed by atoms with E-state index in [2.05, 4.69) is 5.32 Å². The molecule has 0 saturated carbocycles. The van der Waals surface area contributed by atoms with Gasteiger partial charge in [0.2, 0.25) is 17.7 Å². The Bertz CT molecular complexity index is 1970. The number of imide groups is 1. The summed E-state index contributed by atoms with van der Waals surface area (Å²) in [5, 5.41) is 1.17. The number of para-hydroxylation sites is 2. The van der Waals surface area contributed by atoms with Gasteiger partial charge in [0.05, 0.1) is 34.9 Å². The molecule has 0 spiro atoms. The van der Waals surface area contributed by atoms with E-state index in [0.717, 1.165) is 52.7 Å². The Hall–Kier alpha value is -4.57. The molecular weight excluding hydrogens is 672 g/mol. The van der Waals surface area contributed by atoms with Crippen LogP contribution in [-0.4, -0.2) is 34.6 Å². The van der Waals surface area contributed by atoms with E-state index in [0.29, 0.717) is 21.8 Å². The molecule has 2 aliphatic heterocycles. The highest BCUT2D eigenvalue weighted by Gasteiger charge is 2.58. The first-order valence-electron chi connectivity index (χ1n) is 13.7. The molecule has 3 heterocycles. The lowest BCUT2D eigenvalue weighted by Crippen LogP contribution is -2.33. The maximum absolute atomic E-state index is 14.1. The average molecular weight is 694 g/mol. The molecule has 0 bridgehead atoms. The lowest BCUT2D eigenvalue weighted by atomic mass is 9.82. The van der Waals surface area contributed by atoms with Crippen LogP contribution in [0.2, 0.25) is 0 Å². The van der Waals surface area contributed by atoms with E-state index in [1.54, 1.807) is 24.3 Å². The van der Waals surface area contributed by atoms with Gasteiger partial charge in [0, 0.05) is 22.0 Å². The van der Waals surface area contributed by atoms with Gasteiger partial charge in [0.25, 0.3) is 0 Å². The number of nitrogens with one attached hydrogen (secondary N) is 1. The van der Waals surface area contributed by atoms with E-state index in [-0.39, 0.29) is 21.3 Å². The number of aromatic nitrogens is 1. The number of fused-ring (bicyclic) bond motifs is 2. The third kappa shape index (κ3) is 5.79. The predicted molar refractivity (Wildman–Crippen MR) is 161 cm³/mol. The highest BCUT2D eigenvalue weighted by molar-refractivity contribution is 8.00. The summed E-state index contributed by atoms with van der Waals surface area (Å²) in [6.45, 7) is -0.660. The SMILES string of the molecule is COc1ccccc1[C@H]1c2sc(=O)n(CC(=O)Nc3cccc(C(F)(F)F)c3)c2SC2C(=O)N(c3ccccc3C(F)(F)F)C(=O)C21. The largest absolute Gasteiger partial charge is 0.496 e. The van der Waals surface area contributed by atoms with Crippen molar-refractivity contribution in [2.45, 2.75) is 35.1 Å². The molecule has 3 atom stereocenters. The highest BCUT2D eigenvalue weighted by Crippen LogP contribution is 2.55. The molecule has 1 fully saturated rings. The van der Waals surface area contributed by atoms with E-state index in [4.69, 9.17) is 4.74 Å². The maximum Gasteiger partial charge on any atom is 0.418 e. The van der Waals surface area contributed by atoms with Crippen molar-refractivity contribution in [1.82, 2.24) is 4.57 Å². The maximum atomic E-state index is 14.1. The van der Waals surface area contributed by atoms with Crippen LogP contribution in [0.15, 0.2) is 82.6 Å². The Balaban J connectivity index is 1.42. The van der Waals surface area contributed by atoms with Crippen LogP contribution in [0, 0.1) is 5.92 Å². The number of amides is 3. The van der Waals surface area contributed by atoms with Crippen LogP contribution in [0.1, 0.15) is 27.5 Å². The fourth-order valence-electron chi connectivity index (χ4n) is 5.78. The molecular formula is C31H21F6N3O5S2. The zero-order chi connectivity index (χ0) is 33.8. The molecule has 3 amide bonds. The van der Waals surface area contributed by atoms with Gasteiger partial charge >= 0.3 is 17.2 Å². The molecule has 8 nitrogen and oxygen atoms in total. The Morgan fingerprint density at radius 2 is 1.60 bits per heavy atom. The van der Waals surface area contributed by atoms with Crippen LogP contribution in [0.3, 0.4) is 0 Å². The second-order valence-electron chi connectivity index (χ2n) is 10.6. The molecule has 1 saturated heterocycles. The minimum absolute atomic E-state index is 0.128. The molecule has 0 aliphatic carbocycles. The standard InChI is InChI=1S/C31H21F6N3O5S2/c1-45-20-12-5-2-9-17(20)22-23-24(27(43)40(26(23)42)19-11-4-3-10-18(19)31(35,36)37)46-28-25(22)47-29(44)39(28)14-21(41)38-16-8-6-7-15(13-16)30(32,33)34/h2-13,22-24H,14H2,1H3,(H,38,41)/t22-,23?,24?/m1/s1. The van der Waals surface area contributed by atoms with Gasteiger partial charge in [-0.2, -0.15) is 26.3 Å². The van der Waals surface area contributed by atoms with Gasteiger partial charge in [0.15, 0.2) is 0 Å². The molecule has 2 unspecified atom stereocenters. The van der Waals surface area contributed by atoms with Crippen LogP contribution in [0.4, 0.5) is 37.7 Å². The van der Waals surface area contributed by atoms with E-state index >= 15 is 0 Å². The Labute approximate surface area is 269 Å². The van der Waals surface area contributed by atoms with Crippen molar-refractivity contribution in [2.75, 3.05) is 17.3 Å². The van der Waals surface area contributed by atoms with E-state index in [1.165, 1.54) is 19.2 Å². The van der Waals surface area contributed by atoms with Crippen molar-refractivity contribution >= 4 is 52.2 Å². The van der Waals surface area contributed by atoms with Gasteiger partial charge in [-0.05, 0) is 36.4 Å². The molecule has 3 aromatic carbocycles. The van der Waals surface area contributed by atoms with Crippen molar-refractivity contribution in [3.8, 4) is 5.75 Å². The number of hydrogen-bond acceptors (Lipinski definition) is 7. The van der Waals surface area contributed by atoms with Crippen LogP contribution in [0.25, 0.3) is 0 Å². The predicted octanol–water partition coefficient (Wildman–Crippen LogP) is 6.39. The van der Waals surface area contributed by atoms with Crippen molar-refractivity contribution < 1.29 is 45.5 Å². The molecule has 0 radical (unpaired) electrons. The number of rotatable bonds is 6. The molecule has 4 aromatic rings. The summed E-state index contributed by atoms with van der Waals surface area (Å²) in [5.74, 6) is -4.68. The number of thiazole rings is 1. The smallest absolute Gasteiger partial charge is 0.418 e. The van der Waals surface area contributed by atoms with Crippen LogP contribution >= 0.6 is 23.1 Å². The van der Waals surface area contributed by atoms with Crippen LogP contribution in [-0.2, 0) is 33.3 Å². The monoisotopic (exact) mass is 693 g/mol. The quantitative estimate of drug-likeness (QED) is 0.186. The molecule has 16 heteroatoms. The summed E-state index contributed by atoms with van der Waals surface area (Å²) in [5.41, 5.74) is -2.59. The molecule has 1 N–H and O–H groups in total. The third-order valence-corrected chi connectivity index (χ3v) is 10.4. The van der Waals surface area contributed by atoms with E-state index in [9.17, 15) is 45.5 Å². The normalized spacial score (nSPS) is 19.4. The Morgan fingerprint density at radius 1 is 0.894 bits per heavy atom. The van der Waals surface area contributed by atoms with Gasteiger partial charge in [-0.15, -0.1) is 0 Å². The van der Waals surface area contributed by atoms with Crippen molar-refractivity contribution in [1.29, 1.82) is 0 Å². The minimum atomic E-state index is -4.88. The fourth-order valence-corrected chi connectivity index (χ4v) is 8.54. The third-order valence-electron chi connectivity index (χ3n) is 7.75. The van der Waals surface area contributed by atoms with Crippen LogP contribution < -0.4 is 19.8 Å². The number of nitrogens with zero attached hydrogens (tertiary/aromatic N) is 2. The van der Waals surface area contributed by atoms with Gasteiger partial charge in [-0.25, -0.2) is 4.90 Å². The zero-order valence-corrected chi connectivity index (χ0v) is 25.5. The molecule has 244 valence electrons. The summed E-state index contributed by atoms with van der Waals surface area (Å²) in [7, 11) is 1.37. The number of hydrogen-bond donors (Lipinski definition) is 1. The second-order valence-corrected chi connectivity index (χ2v) is 12.7. The number of thioether (sulfide) groups is 1. The number of benzene rings is 3. The fraction of sp³-hybridized carbons (Fsp3) is 0.226. The van der Waals surface area contributed by atoms with E-state index < -0.39 is 75.4 Å². The number of anilines is 2. The van der Waals surface area contributed by atoms with Gasteiger partial charge in [-0.1, -0.05) is 59.5 Å². The summed E-state index contributed by atoms with van der Waals surface area (Å²) in [4.78, 5) is 54.5. The van der Waals surface area contributed by atoms with Gasteiger partial charge in [0.1, 0.15) is 17.5 Å². The number of carbonyl (C=O) groups is 3. The Kier molecular flexibility index (Phi) is 8.20. The number of methoxy groups -OCH3 is 1. The topological polar surface area (TPSA) is 97.7 Å². The first-order chi connectivity index (χ1) is 22.2. The highest BCUT2D eigenvalue weighted by atomic mass is 32.2. The van der Waals surface area contributed by atoms with Gasteiger partial charge in [-0.3, -0.25) is 23.7 Å². The van der Waals surface area contributed by atoms with Gasteiger partial charge < -0.3 is 10.1 Å². The number of alkyl halides is 6. The number of carbonyl (C=O) groups excluding carboxylic acids is 3. The summed E-state index contributed by atoms with van der Waals surface area (Å²) >= 11 is 1.47. The van der Waals surface area contributed by atoms with Crippen molar-refractivity contribution in [3.63, 3.8) is 0 Å². The molecule has 2 aliphatic rings. The lowest BCUT2D eigenvalue weighted by Gasteiger charge is -2.31. The minimum Gasteiger partial charge on any atom is -0.496 e. The first kappa shape index (κ1) is 32.4. The first-order valence-corrected chi connectivity index (χ1v) is 15.4. The summed E-state index contributed by atoms with van der Waals surface area (Å²) in [6, 6.07) is 14.6. The summed E-state index contributed by atoms with van der Waals surface area (Å²) < 4.78 is 88.1. The molecule has 1 aromatic heterocycles. The summed E-state index contributed by atoms with van der Waals surface area (Å²) in [6.07, 6.45) is -9.54. The molecule has 47 heavy (non-hydrogen) atoms. The lowest BCUT2D eigenvalue weighted by molar-refractivity contribution is -0.138. The Morgan fingerprint density at radius 3 is 2.30 bits per heavy atom. The van der Waals surface area contributed by atoms with E-state index in [1.807, 2.05) is 0 Å². The average Bonchev–Trinajstić information content (AvgIpc) is 3.46. The van der Waals surface area contributed by atoms with Crippen molar-refractivity contribution in [3.05, 3.63) is 104 Å². The second kappa shape index (κ2) is 11.9.